The highest BCUT2D eigenvalue weighted by atomic mass is 16.6. The van der Waals surface area contributed by atoms with Gasteiger partial charge < -0.3 is 25.4 Å². The Labute approximate surface area is 171 Å². The Morgan fingerprint density at radius 1 is 1.20 bits per heavy atom. The highest BCUT2D eigenvalue weighted by molar-refractivity contribution is 5.96. The molecule has 1 aliphatic rings. The normalized spacial score (nSPS) is 24.7. The number of aliphatic hydroxyl groups is 3. The number of ether oxygens (including phenoxy) is 1. The van der Waals surface area contributed by atoms with E-state index in [1.165, 1.54) is 17.2 Å². The fourth-order valence-electron chi connectivity index (χ4n) is 3.40. The van der Waals surface area contributed by atoms with Gasteiger partial charge in [-0.3, -0.25) is 9.88 Å². The van der Waals surface area contributed by atoms with Crippen molar-refractivity contribution >= 4 is 23.0 Å². The topological polar surface area (TPSA) is 155 Å². The van der Waals surface area contributed by atoms with Gasteiger partial charge in [0.2, 0.25) is 0 Å². The number of hydrogen-bond acceptors (Lipinski definition) is 8. The molecule has 4 rings (SSSR count). The summed E-state index contributed by atoms with van der Waals surface area (Å²) in [6.07, 6.45) is -1.82. The van der Waals surface area contributed by atoms with Gasteiger partial charge in [0.15, 0.2) is 23.2 Å². The molecular weight excluding hydrogens is 392 g/mol. The quantitative estimate of drug-likeness (QED) is 0.400. The van der Waals surface area contributed by atoms with Gasteiger partial charge in [0.1, 0.15) is 24.6 Å². The van der Waals surface area contributed by atoms with Crippen molar-refractivity contribution in [1.29, 1.82) is 0 Å². The largest absolute Gasteiger partial charge is 0.394 e. The van der Waals surface area contributed by atoms with Gasteiger partial charge in [-0.15, -0.1) is 0 Å². The van der Waals surface area contributed by atoms with Crippen LogP contribution in [0.25, 0.3) is 11.2 Å². The summed E-state index contributed by atoms with van der Waals surface area (Å²) in [6, 6.07) is 8.83. The molecule has 2 amide bonds. The van der Waals surface area contributed by atoms with Crippen LogP contribution in [0.15, 0.2) is 43.0 Å². The first kappa shape index (κ1) is 20.2. The van der Waals surface area contributed by atoms with E-state index in [0.717, 1.165) is 5.56 Å². The molecule has 0 bridgehead atoms. The van der Waals surface area contributed by atoms with Gasteiger partial charge in [-0.2, -0.15) is 0 Å². The SMILES string of the molecule is CC(NC(=O)Nc1ncnc2c1ncn2[C@@H]1O[C@H](CO)C(O)C1O)c1ccccc1. The van der Waals surface area contributed by atoms with E-state index in [2.05, 4.69) is 25.6 Å². The molecule has 1 aliphatic heterocycles. The third-order valence-corrected chi connectivity index (χ3v) is 5.03. The third-order valence-electron chi connectivity index (χ3n) is 5.03. The number of aliphatic hydroxyl groups excluding tert-OH is 3. The summed E-state index contributed by atoms with van der Waals surface area (Å²) in [5.41, 5.74) is 1.54. The second-order valence-corrected chi connectivity index (χ2v) is 7.01. The van der Waals surface area contributed by atoms with Crippen LogP contribution >= 0.6 is 0 Å². The molecule has 5 atom stereocenters. The Kier molecular flexibility index (Phi) is 5.59. The van der Waals surface area contributed by atoms with E-state index < -0.39 is 37.2 Å². The van der Waals surface area contributed by atoms with Crippen LogP contribution in [-0.4, -0.2) is 65.8 Å². The van der Waals surface area contributed by atoms with Gasteiger partial charge in [-0.05, 0) is 12.5 Å². The molecule has 1 aromatic carbocycles. The Bertz CT molecular complexity index is 1030. The summed E-state index contributed by atoms with van der Waals surface area (Å²) in [7, 11) is 0. The summed E-state index contributed by atoms with van der Waals surface area (Å²) < 4.78 is 6.95. The number of urea groups is 1. The molecule has 1 saturated heterocycles. The maximum Gasteiger partial charge on any atom is 0.320 e. The number of anilines is 1. The number of amides is 2. The molecule has 3 unspecified atom stereocenters. The lowest BCUT2D eigenvalue weighted by molar-refractivity contribution is -0.0511. The molecule has 30 heavy (non-hydrogen) atoms. The fraction of sp³-hybridized carbons (Fsp3) is 0.368. The Morgan fingerprint density at radius 2 is 1.97 bits per heavy atom. The van der Waals surface area contributed by atoms with Gasteiger partial charge in [-0.1, -0.05) is 30.3 Å². The van der Waals surface area contributed by atoms with Crippen molar-refractivity contribution in [1.82, 2.24) is 24.8 Å². The van der Waals surface area contributed by atoms with E-state index in [0.29, 0.717) is 5.65 Å². The number of nitrogens with one attached hydrogen (secondary N) is 2. The highest BCUT2D eigenvalue weighted by Crippen LogP contribution is 2.32. The lowest BCUT2D eigenvalue weighted by Crippen LogP contribution is -2.33. The predicted molar refractivity (Wildman–Crippen MR) is 105 cm³/mol. The number of carbonyl (C=O) groups is 1. The van der Waals surface area contributed by atoms with E-state index in [1.807, 2.05) is 37.3 Å². The number of rotatable bonds is 5. The predicted octanol–water partition coefficient (Wildman–Crippen LogP) is 0.320. The number of aromatic nitrogens is 4. The van der Waals surface area contributed by atoms with Crippen molar-refractivity contribution in [3.05, 3.63) is 48.5 Å². The van der Waals surface area contributed by atoms with Gasteiger partial charge in [0.05, 0.1) is 19.0 Å². The van der Waals surface area contributed by atoms with E-state index in [9.17, 15) is 20.1 Å². The standard InChI is InChI=1S/C19H22N6O5/c1-10(11-5-3-2-4-6-11)23-19(29)24-16-13-17(21-8-20-16)25(9-22-13)18-15(28)14(27)12(7-26)30-18/h2-6,8-10,12,14-15,18,26-28H,7H2,1H3,(H2,20,21,23,24,29)/t10?,12-,14?,15?,18-/m1/s1. The molecule has 0 radical (unpaired) electrons. The lowest BCUT2D eigenvalue weighted by Gasteiger charge is -2.17. The number of carbonyl (C=O) groups excluding carboxylic acids is 1. The first-order valence-corrected chi connectivity index (χ1v) is 9.42. The van der Waals surface area contributed by atoms with Crippen molar-refractivity contribution in [2.24, 2.45) is 0 Å². The van der Waals surface area contributed by atoms with Crippen LogP contribution in [0.2, 0.25) is 0 Å². The monoisotopic (exact) mass is 414 g/mol. The van der Waals surface area contributed by atoms with Gasteiger partial charge in [-0.25, -0.2) is 19.7 Å². The maximum absolute atomic E-state index is 12.4. The highest BCUT2D eigenvalue weighted by Gasteiger charge is 2.44. The number of benzene rings is 1. The minimum atomic E-state index is -1.28. The molecule has 2 aromatic heterocycles. The molecule has 0 aliphatic carbocycles. The molecule has 0 spiro atoms. The molecular formula is C19H22N6O5. The molecule has 3 heterocycles. The van der Waals surface area contributed by atoms with Crippen LogP contribution in [0.3, 0.4) is 0 Å². The van der Waals surface area contributed by atoms with Gasteiger partial charge in [0, 0.05) is 0 Å². The summed E-state index contributed by atoms with van der Waals surface area (Å²) in [5, 5.41) is 35.0. The first-order valence-electron chi connectivity index (χ1n) is 9.42. The van der Waals surface area contributed by atoms with Crippen LogP contribution in [0.4, 0.5) is 10.6 Å². The Morgan fingerprint density at radius 3 is 2.67 bits per heavy atom. The average Bonchev–Trinajstić information content (AvgIpc) is 3.30. The van der Waals surface area contributed by atoms with Crippen molar-refractivity contribution < 1.29 is 24.9 Å². The first-order chi connectivity index (χ1) is 14.5. The van der Waals surface area contributed by atoms with E-state index in [1.54, 1.807) is 0 Å². The summed E-state index contributed by atoms with van der Waals surface area (Å²) in [4.78, 5) is 24.9. The van der Waals surface area contributed by atoms with Crippen LogP contribution in [0.5, 0.6) is 0 Å². The molecule has 5 N–H and O–H groups in total. The van der Waals surface area contributed by atoms with Crippen molar-refractivity contribution in [2.45, 2.75) is 37.5 Å². The number of imidazole rings is 1. The lowest BCUT2D eigenvalue weighted by atomic mass is 10.1. The maximum atomic E-state index is 12.4. The van der Waals surface area contributed by atoms with E-state index >= 15 is 0 Å². The van der Waals surface area contributed by atoms with Gasteiger partial charge >= 0.3 is 6.03 Å². The van der Waals surface area contributed by atoms with Gasteiger partial charge in [0.25, 0.3) is 0 Å². The summed E-state index contributed by atoms with van der Waals surface area (Å²) >= 11 is 0. The fourth-order valence-corrected chi connectivity index (χ4v) is 3.40. The smallest absolute Gasteiger partial charge is 0.320 e. The average molecular weight is 414 g/mol. The zero-order valence-corrected chi connectivity index (χ0v) is 16.1. The molecule has 11 heteroatoms. The van der Waals surface area contributed by atoms with Crippen molar-refractivity contribution in [2.75, 3.05) is 11.9 Å². The Balaban J connectivity index is 1.53. The van der Waals surface area contributed by atoms with Crippen molar-refractivity contribution in [3.63, 3.8) is 0 Å². The zero-order valence-electron chi connectivity index (χ0n) is 16.1. The van der Waals surface area contributed by atoms with Crippen LogP contribution < -0.4 is 10.6 Å². The van der Waals surface area contributed by atoms with Crippen LogP contribution in [0, 0.1) is 0 Å². The molecule has 11 nitrogen and oxygen atoms in total. The summed E-state index contributed by atoms with van der Waals surface area (Å²) in [6.45, 7) is 1.42. The molecule has 3 aromatic rings. The minimum Gasteiger partial charge on any atom is -0.394 e. The zero-order chi connectivity index (χ0) is 21.3. The molecule has 0 saturated carbocycles. The van der Waals surface area contributed by atoms with Crippen LogP contribution in [-0.2, 0) is 4.74 Å². The number of nitrogens with zero attached hydrogens (tertiary/aromatic N) is 4. The second kappa shape index (κ2) is 8.32. The summed E-state index contributed by atoms with van der Waals surface area (Å²) in [5.74, 6) is 0.184. The second-order valence-electron chi connectivity index (χ2n) is 7.01. The molecule has 158 valence electrons. The number of fused-ring (bicyclic) bond motifs is 1. The van der Waals surface area contributed by atoms with E-state index in [-0.39, 0.29) is 17.4 Å². The van der Waals surface area contributed by atoms with E-state index in [4.69, 9.17) is 4.74 Å². The van der Waals surface area contributed by atoms with Crippen LogP contribution in [0.1, 0.15) is 24.8 Å². The Hall–Kier alpha value is -3.12. The minimum absolute atomic E-state index is 0.184. The van der Waals surface area contributed by atoms with Crippen molar-refractivity contribution in [3.8, 4) is 0 Å². The molecule has 1 fully saturated rings. The third kappa shape index (κ3) is 3.71. The number of hydrogen-bond donors (Lipinski definition) is 5.